The summed E-state index contributed by atoms with van der Waals surface area (Å²) >= 11 is 0. The molecule has 0 bridgehead atoms. The van der Waals surface area contributed by atoms with Crippen LogP contribution in [0.3, 0.4) is 0 Å². The Bertz CT molecular complexity index is 393. The third kappa shape index (κ3) is 3.59. The van der Waals surface area contributed by atoms with Crippen molar-refractivity contribution in [2.45, 2.75) is 0 Å². The van der Waals surface area contributed by atoms with Crippen molar-refractivity contribution >= 4 is 5.91 Å². The molecule has 19 heavy (non-hydrogen) atoms. The molecule has 0 radical (unpaired) electrons. The third-order valence-electron chi connectivity index (χ3n) is 2.67. The molecule has 6 heteroatoms. The molecule has 1 aromatic carbocycles. The second kappa shape index (κ2) is 7.60. The summed E-state index contributed by atoms with van der Waals surface area (Å²) in [5.41, 5.74) is 0.286. The van der Waals surface area contributed by atoms with Gasteiger partial charge in [0.05, 0.1) is 27.4 Å². The second-order valence-electron chi connectivity index (χ2n) is 3.78. The molecule has 0 saturated carbocycles. The summed E-state index contributed by atoms with van der Waals surface area (Å²) in [6.07, 6.45) is 0. The van der Waals surface area contributed by atoms with Crippen LogP contribution in [0, 0.1) is 0 Å². The van der Waals surface area contributed by atoms with Crippen molar-refractivity contribution in [2.24, 2.45) is 0 Å². The molecule has 0 atom stereocenters. The van der Waals surface area contributed by atoms with E-state index in [0.717, 1.165) is 0 Å². The lowest BCUT2D eigenvalue weighted by atomic mass is 10.1. The topological polar surface area (TPSA) is 79.2 Å². The number of carbonyl (C=O) groups is 1. The Morgan fingerprint density at radius 2 is 1.58 bits per heavy atom. The molecule has 0 aliphatic heterocycles. The van der Waals surface area contributed by atoms with Crippen LogP contribution in [0.5, 0.6) is 11.5 Å². The number of amides is 1. The van der Waals surface area contributed by atoms with Gasteiger partial charge in [-0.25, -0.2) is 0 Å². The Labute approximate surface area is 112 Å². The van der Waals surface area contributed by atoms with E-state index in [1.54, 1.807) is 18.2 Å². The van der Waals surface area contributed by atoms with E-state index in [1.165, 1.54) is 19.1 Å². The highest BCUT2D eigenvalue weighted by molar-refractivity contribution is 5.99. The lowest BCUT2D eigenvalue weighted by molar-refractivity contribution is 0.0678. The van der Waals surface area contributed by atoms with Crippen molar-refractivity contribution in [1.82, 2.24) is 4.90 Å². The van der Waals surface area contributed by atoms with Gasteiger partial charge in [-0.15, -0.1) is 0 Å². The highest BCUT2D eigenvalue weighted by atomic mass is 16.5. The molecule has 1 aromatic rings. The highest BCUT2D eigenvalue weighted by Gasteiger charge is 2.23. The van der Waals surface area contributed by atoms with Gasteiger partial charge in [-0.05, 0) is 12.1 Å². The Balaban J connectivity index is 3.14. The fourth-order valence-corrected chi connectivity index (χ4v) is 1.78. The molecule has 0 heterocycles. The quantitative estimate of drug-likeness (QED) is 0.735. The summed E-state index contributed by atoms with van der Waals surface area (Å²) < 4.78 is 10.3. The normalized spacial score (nSPS) is 10.1. The zero-order valence-electron chi connectivity index (χ0n) is 11.1. The van der Waals surface area contributed by atoms with Gasteiger partial charge in [0.15, 0.2) is 0 Å². The van der Waals surface area contributed by atoms with E-state index >= 15 is 0 Å². The minimum atomic E-state index is -0.350. The first kappa shape index (κ1) is 15.3. The predicted molar refractivity (Wildman–Crippen MR) is 69.6 cm³/mol. The third-order valence-corrected chi connectivity index (χ3v) is 2.67. The molecule has 0 saturated heterocycles. The lowest BCUT2D eigenvalue weighted by Crippen LogP contribution is -2.36. The summed E-state index contributed by atoms with van der Waals surface area (Å²) in [7, 11) is 2.93. The number of ether oxygens (including phenoxy) is 2. The second-order valence-corrected chi connectivity index (χ2v) is 3.78. The van der Waals surface area contributed by atoms with Gasteiger partial charge in [-0.1, -0.05) is 6.07 Å². The van der Waals surface area contributed by atoms with E-state index in [9.17, 15) is 4.79 Å². The first-order valence-corrected chi connectivity index (χ1v) is 5.91. The molecule has 0 fully saturated rings. The minimum absolute atomic E-state index is 0.139. The average molecular weight is 269 g/mol. The first-order valence-electron chi connectivity index (χ1n) is 5.91. The van der Waals surface area contributed by atoms with Gasteiger partial charge < -0.3 is 24.6 Å². The zero-order chi connectivity index (χ0) is 14.3. The highest BCUT2D eigenvalue weighted by Crippen LogP contribution is 2.29. The maximum Gasteiger partial charge on any atom is 0.261 e. The summed E-state index contributed by atoms with van der Waals surface area (Å²) in [5, 5.41) is 17.9. The molecule has 0 aromatic heterocycles. The van der Waals surface area contributed by atoms with Gasteiger partial charge in [0.2, 0.25) is 0 Å². The van der Waals surface area contributed by atoms with Crippen LogP contribution < -0.4 is 9.47 Å². The van der Waals surface area contributed by atoms with Crippen LogP contribution in [0.25, 0.3) is 0 Å². The number of carbonyl (C=O) groups excluding carboxylic acids is 1. The van der Waals surface area contributed by atoms with E-state index in [-0.39, 0.29) is 37.8 Å². The van der Waals surface area contributed by atoms with Gasteiger partial charge in [-0.3, -0.25) is 4.79 Å². The molecule has 6 nitrogen and oxygen atoms in total. The van der Waals surface area contributed by atoms with Crippen molar-refractivity contribution in [1.29, 1.82) is 0 Å². The molecule has 106 valence electrons. The zero-order valence-corrected chi connectivity index (χ0v) is 11.1. The maximum absolute atomic E-state index is 12.4. The number of rotatable bonds is 7. The first-order chi connectivity index (χ1) is 9.19. The molecule has 0 spiro atoms. The largest absolute Gasteiger partial charge is 0.496 e. The van der Waals surface area contributed by atoms with Crippen LogP contribution in [0.1, 0.15) is 10.4 Å². The summed E-state index contributed by atoms with van der Waals surface area (Å²) in [6, 6.07) is 5.04. The smallest absolute Gasteiger partial charge is 0.261 e. The van der Waals surface area contributed by atoms with Gasteiger partial charge in [0.1, 0.15) is 17.1 Å². The summed E-state index contributed by atoms with van der Waals surface area (Å²) in [6.45, 7) is -0.0758. The fourth-order valence-electron chi connectivity index (χ4n) is 1.78. The van der Waals surface area contributed by atoms with Crippen molar-refractivity contribution in [2.75, 3.05) is 40.5 Å². The van der Waals surface area contributed by atoms with Crippen molar-refractivity contribution in [3.63, 3.8) is 0 Å². The van der Waals surface area contributed by atoms with Crippen molar-refractivity contribution in [3.8, 4) is 11.5 Å². The van der Waals surface area contributed by atoms with E-state index in [1.807, 2.05) is 0 Å². The van der Waals surface area contributed by atoms with E-state index in [0.29, 0.717) is 11.5 Å². The van der Waals surface area contributed by atoms with E-state index in [2.05, 4.69) is 0 Å². The Hall–Kier alpha value is -1.79. The van der Waals surface area contributed by atoms with Gasteiger partial charge in [-0.2, -0.15) is 0 Å². The van der Waals surface area contributed by atoms with Crippen LogP contribution in [0.2, 0.25) is 0 Å². The number of hydrogen-bond acceptors (Lipinski definition) is 5. The molecule has 0 unspecified atom stereocenters. The Morgan fingerprint density at radius 1 is 1.11 bits per heavy atom. The number of aliphatic hydroxyl groups excluding tert-OH is 2. The number of nitrogens with zero attached hydrogens (tertiary/aromatic N) is 1. The van der Waals surface area contributed by atoms with E-state index in [4.69, 9.17) is 19.7 Å². The molecular weight excluding hydrogens is 250 g/mol. The minimum Gasteiger partial charge on any atom is -0.496 e. The van der Waals surface area contributed by atoms with Gasteiger partial charge >= 0.3 is 0 Å². The molecule has 2 N–H and O–H groups in total. The van der Waals surface area contributed by atoms with Crippen LogP contribution in [-0.2, 0) is 0 Å². The van der Waals surface area contributed by atoms with Crippen molar-refractivity contribution < 1.29 is 24.5 Å². The monoisotopic (exact) mass is 269 g/mol. The molecule has 0 aliphatic rings. The number of hydrogen-bond donors (Lipinski definition) is 2. The summed E-state index contributed by atoms with van der Waals surface area (Å²) in [4.78, 5) is 13.8. The standard InChI is InChI=1S/C13H19NO5/c1-18-10-4-3-5-11(19-2)12(10)13(17)14(6-8-15)7-9-16/h3-5,15-16H,6-9H2,1-2H3. The molecular formula is C13H19NO5. The van der Waals surface area contributed by atoms with Crippen LogP contribution in [0.15, 0.2) is 18.2 Å². The number of methoxy groups -OCH3 is 2. The average Bonchev–Trinajstić information content (AvgIpc) is 2.45. The van der Waals surface area contributed by atoms with Crippen LogP contribution >= 0.6 is 0 Å². The van der Waals surface area contributed by atoms with Gasteiger partial charge in [0, 0.05) is 13.1 Å². The Morgan fingerprint density at radius 3 is 1.95 bits per heavy atom. The maximum atomic E-state index is 12.4. The number of benzene rings is 1. The van der Waals surface area contributed by atoms with Crippen molar-refractivity contribution in [3.05, 3.63) is 23.8 Å². The van der Waals surface area contributed by atoms with Crippen LogP contribution in [0.4, 0.5) is 0 Å². The predicted octanol–water partition coefficient (Wildman–Crippen LogP) is 0.131. The molecule has 1 rings (SSSR count). The summed E-state index contributed by atoms with van der Waals surface area (Å²) in [5.74, 6) is 0.438. The molecule has 1 amide bonds. The Kier molecular flexibility index (Phi) is 6.11. The van der Waals surface area contributed by atoms with Crippen LogP contribution in [-0.4, -0.2) is 61.5 Å². The van der Waals surface area contributed by atoms with Gasteiger partial charge in [0.25, 0.3) is 5.91 Å². The number of aliphatic hydroxyl groups is 2. The van der Waals surface area contributed by atoms with E-state index < -0.39 is 0 Å². The fraction of sp³-hybridized carbons (Fsp3) is 0.462. The molecule has 0 aliphatic carbocycles. The lowest BCUT2D eigenvalue weighted by Gasteiger charge is -2.22. The SMILES string of the molecule is COc1cccc(OC)c1C(=O)N(CCO)CCO.